The lowest BCUT2D eigenvalue weighted by Crippen LogP contribution is -2.26. The van der Waals surface area contributed by atoms with Gasteiger partial charge in [0, 0.05) is 18.5 Å². The zero-order valence-electron chi connectivity index (χ0n) is 10.8. The minimum atomic E-state index is 0.257. The van der Waals surface area contributed by atoms with E-state index in [0.29, 0.717) is 12.0 Å². The Labute approximate surface area is 117 Å². The van der Waals surface area contributed by atoms with Crippen LogP contribution in [-0.4, -0.2) is 15.6 Å². The first kappa shape index (κ1) is 11.7. The molecule has 2 aliphatic rings. The number of hydrogen-bond acceptors (Lipinski definition) is 2. The number of halogens is 1. The average molecular weight is 276 g/mol. The Morgan fingerprint density at radius 3 is 2.79 bits per heavy atom. The van der Waals surface area contributed by atoms with Gasteiger partial charge in [0.05, 0.1) is 16.1 Å². The van der Waals surface area contributed by atoms with Gasteiger partial charge in [0.25, 0.3) is 0 Å². The number of aromatic nitrogens is 2. The summed E-state index contributed by atoms with van der Waals surface area (Å²) >= 11 is 6.37. The summed E-state index contributed by atoms with van der Waals surface area (Å²) in [6.45, 7) is 0. The van der Waals surface area contributed by atoms with Gasteiger partial charge in [0.1, 0.15) is 5.82 Å². The van der Waals surface area contributed by atoms with Gasteiger partial charge in [-0.05, 0) is 43.7 Å². The molecule has 2 fully saturated rings. The van der Waals surface area contributed by atoms with Crippen molar-refractivity contribution >= 4 is 22.6 Å². The molecule has 4 rings (SSSR count). The first-order chi connectivity index (χ1) is 9.24. The van der Waals surface area contributed by atoms with Gasteiger partial charge in [-0.25, -0.2) is 4.98 Å². The Kier molecular flexibility index (Phi) is 2.61. The molecule has 0 bridgehead atoms. The molecule has 0 aliphatic heterocycles. The van der Waals surface area contributed by atoms with Gasteiger partial charge in [0.15, 0.2) is 0 Å². The summed E-state index contributed by atoms with van der Waals surface area (Å²) in [6.07, 6.45) is 5.92. The second kappa shape index (κ2) is 4.22. The van der Waals surface area contributed by atoms with Crippen molar-refractivity contribution in [2.24, 2.45) is 11.7 Å². The van der Waals surface area contributed by atoms with Gasteiger partial charge in [0.2, 0.25) is 0 Å². The highest BCUT2D eigenvalue weighted by atomic mass is 35.5. The number of hydrogen-bond donors (Lipinski definition) is 1. The van der Waals surface area contributed by atoms with Crippen molar-refractivity contribution in [2.75, 3.05) is 0 Å². The fourth-order valence-corrected chi connectivity index (χ4v) is 3.19. The van der Waals surface area contributed by atoms with Crippen molar-refractivity contribution < 1.29 is 0 Å². The van der Waals surface area contributed by atoms with Crippen LogP contribution in [0.5, 0.6) is 0 Å². The summed E-state index contributed by atoms with van der Waals surface area (Å²) in [4.78, 5) is 4.78. The maximum absolute atomic E-state index is 6.37. The van der Waals surface area contributed by atoms with E-state index >= 15 is 0 Å². The van der Waals surface area contributed by atoms with E-state index in [4.69, 9.17) is 22.3 Å². The highest BCUT2D eigenvalue weighted by molar-refractivity contribution is 6.35. The van der Waals surface area contributed by atoms with E-state index < -0.39 is 0 Å². The van der Waals surface area contributed by atoms with Gasteiger partial charge >= 0.3 is 0 Å². The highest BCUT2D eigenvalue weighted by Gasteiger charge is 2.33. The van der Waals surface area contributed by atoms with Gasteiger partial charge in [-0.2, -0.15) is 0 Å². The molecular weight excluding hydrogens is 258 g/mol. The third kappa shape index (κ3) is 2.05. The van der Waals surface area contributed by atoms with Gasteiger partial charge in [-0.3, -0.25) is 0 Å². The Morgan fingerprint density at radius 2 is 2.11 bits per heavy atom. The zero-order chi connectivity index (χ0) is 13.0. The molecule has 2 aromatic rings. The summed E-state index contributed by atoms with van der Waals surface area (Å²) in [7, 11) is 0. The van der Waals surface area contributed by atoms with E-state index in [1.807, 2.05) is 18.2 Å². The van der Waals surface area contributed by atoms with E-state index in [0.717, 1.165) is 28.3 Å². The first-order valence-electron chi connectivity index (χ1n) is 7.15. The quantitative estimate of drug-likeness (QED) is 0.930. The van der Waals surface area contributed by atoms with Crippen LogP contribution in [0, 0.1) is 5.92 Å². The van der Waals surface area contributed by atoms with Crippen molar-refractivity contribution in [3.05, 3.63) is 29.0 Å². The largest absolute Gasteiger partial charge is 0.327 e. The summed E-state index contributed by atoms with van der Waals surface area (Å²) in [6, 6.07) is 6.82. The zero-order valence-corrected chi connectivity index (χ0v) is 11.6. The monoisotopic (exact) mass is 275 g/mol. The minimum absolute atomic E-state index is 0.257. The van der Waals surface area contributed by atoms with Crippen LogP contribution in [0.4, 0.5) is 0 Å². The molecule has 2 saturated carbocycles. The SMILES string of the molecule is NC(Cc1nc2cccc(Cl)c2n1C1CC1)C1CC1. The second-order valence-electron chi connectivity index (χ2n) is 5.94. The molecule has 2 N–H and O–H groups in total. The van der Waals surface area contributed by atoms with E-state index in [-0.39, 0.29) is 6.04 Å². The normalized spacial score (nSPS) is 20.9. The summed E-state index contributed by atoms with van der Waals surface area (Å²) < 4.78 is 2.35. The van der Waals surface area contributed by atoms with Gasteiger partial charge in [-0.15, -0.1) is 0 Å². The number of nitrogens with zero attached hydrogens (tertiary/aromatic N) is 2. The van der Waals surface area contributed by atoms with Crippen LogP contribution in [0.25, 0.3) is 11.0 Å². The van der Waals surface area contributed by atoms with Crippen LogP contribution in [0.2, 0.25) is 5.02 Å². The fraction of sp³-hybridized carbons (Fsp3) is 0.533. The molecular formula is C15H18ClN3. The van der Waals surface area contributed by atoms with Crippen LogP contribution in [0.3, 0.4) is 0 Å². The van der Waals surface area contributed by atoms with Gasteiger partial charge < -0.3 is 10.3 Å². The number of rotatable bonds is 4. The van der Waals surface area contributed by atoms with Crippen LogP contribution >= 0.6 is 11.6 Å². The third-order valence-electron chi connectivity index (χ3n) is 4.29. The molecule has 1 heterocycles. The lowest BCUT2D eigenvalue weighted by molar-refractivity contribution is 0.554. The number of nitrogens with two attached hydrogens (primary N) is 1. The van der Waals surface area contributed by atoms with Crippen molar-refractivity contribution in [3.8, 4) is 0 Å². The van der Waals surface area contributed by atoms with E-state index in [1.54, 1.807) is 0 Å². The molecule has 0 spiro atoms. The molecule has 1 unspecified atom stereocenters. The van der Waals surface area contributed by atoms with Crippen molar-refractivity contribution in [3.63, 3.8) is 0 Å². The molecule has 2 aliphatic carbocycles. The molecule has 0 saturated heterocycles. The lowest BCUT2D eigenvalue weighted by Gasteiger charge is -2.12. The minimum Gasteiger partial charge on any atom is -0.327 e. The Morgan fingerprint density at radius 1 is 1.32 bits per heavy atom. The highest BCUT2D eigenvalue weighted by Crippen LogP contribution is 2.41. The molecule has 3 nitrogen and oxygen atoms in total. The van der Waals surface area contributed by atoms with Crippen LogP contribution < -0.4 is 5.73 Å². The summed E-state index contributed by atoms with van der Waals surface area (Å²) in [5.41, 5.74) is 8.39. The maximum Gasteiger partial charge on any atom is 0.111 e. The second-order valence-corrected chi connectivity index (χ2v) is 6.35. The maximum atomic E-state index is 6.37. The van der Waals surface area contributed by atoms with Crippen molar-refractivity contribution in [2.45, 2.75) is 44.2 Å². The number of para-hydroxylation sites is 1. The third-order valence-corrected chi connectivity index (χ3v) is 4.60. The molecule has 1 aromatic heterocycles. The molecule has 1 atom stereocenters. The van der Waals surface area contributed by atoms with Crippen LogP contribution in [0.1, 0.15) is 37.5 Å². The smallest absolute Gasteiger partial charge is 0.111 e. The molecule has 4 heteroatoms. The Balaban J connectivity index is 1.80. The fourth-order valence-electron chi connectivity index (χ4n) is 2.93. The molecule has 1 aromatic carbocycles. The standard InChI is InChI=1S/C15H18ClN3/c16-11-2-1-3-13-15(11)19(10-6-7-10)14(18-13)8-12(17)9-4-5-9/h1-3,9-10,12H,4-8,17H2. The Hall–Kier alpha value is -1.06. The van der Waals surface area contributed by atoms with Crippen LogP contribution in [-0.2, 0) is 6.42 Å². The molecule has 100 valence electrons. The number of fused-ring (bicyclic) bond motifs is 1. The number of imidazole rings is 1. The lowest BCUT2D eigenvalue weighted by atomic mass is 10.1. The summed E-state index contributed by atoms with van der Waals surface area (Å²) in [5, 5.41) is 0.808. The molecule has 0 amide bonds. The predicted octanol–water partition coefficient (Wildman–Crippen LogP) is 3.30. The topological polar surface area (TPSA) is 43.8 Å². The van der Waals surface area contributed by atoms with Crippen molar-refractivity contribution in [1.29, 1.82) is 0 Å². The Bertz CT molecular complexity index is 626. The molecule has 19 heavy (non-hydrogen) atoms. The summed E-state index contributed by atoms with van der Waals surface area (Å²) in [5.74, 6) is 1.84. The predicted molar refractivity (Wildman–Crippen MR) is 77.4 cm³/mol. The van der Waals surface area contributed by atoms with Crippen molar-refractivity contribution in [1.82, 2.24) is 9.55 Å². The van der Waals surface area contributed by atoms with E-state index in [2.05, 4.69) is 4.57 Å². The van der Waals surface area contributed by atoms with E-state index in [1.165, 1.54) is 25.7 Å². The van der Waals surface area contributed by atoms with E-state index in [9.17, 15) is 0 Å². The number of benzene rings is 1. The van der Waals surface area contributed by atoms with Crippen LogP contribution in [0.15, 0.2) is 18.2 Å². The van der Waals surface area contributed by atoms with Gasteiger partial charge in [-0.1, -0.05) is 17.7 Å². The first-order valence-corrected chi connectivity index (χ1v) is 7.53. The molecule has 0 radical (unpaired) electrons. The average Bonchev–Trinajstić information content (AvgIpc) is 3.26.